The molecule has 7 rings (SSSR count). The van der Waals surface area contributed by atoms with Crippen molar-refractivity contribution in [2.45, 2.75) is 0 Å². The van der Waals surface area contributed by atoms with E-state index in [4.69, 9.17) is 0 Å². The first-order chi connectivity index (χ1) is 21.3. The largest absolute Gasteiger partial charge is 0.135 e. The molecule has 0 fully saturated rings. The summed E-state index contributed by atoms with van der Waals surface area (Å²) in [7, 11) is 0. The smallest absolute Gasteiger partial charge is 0.0449 e. The maximum absolute atomic E-state index is 2.32. The molecule has 0 aliphatic carbocycles. The molecule has 0 aliphatic rings. The summed E-state index contributed by atoms with van der Waals surface area (Å²) in [5.74, 6) is 0. The van der Waals surface area contributed by atoms with Gasteiger partial charge in [0.25, 0.3) is 0 Å². The van der Waals surface area contributed by atoms with E-state index in [1.165, 1.54) is 62.7 Å². The summed E-state index contributed by atoms with van der Waals surface area (Å²) >= 11 is 5.57. The highest BCUT2D eigenvalue weighted by atomic mass is 32.1. The highest BCUT2D eigenvalue weighted by Crippen LogP contribution is 2.41. The molecule has 206 valence electrons. The van der Waals surface area contributed by atoms with E-state index < -0.39 is 0 Å². The van der Waals surface area contributed by atoms with Crippen molar-refractivity contribution in [3.63, 3.8) is 0 Å². The van der Waals surface area contributed by atoms with E-state index in [-0.39, 0.29) is 0 Å². The van der Waals surface area contributed by atoms with Gasteiger partial charge in [0.1, 0.15) is 0 Å². The van der Waals surface area contributed by atoms with Crippen molar-refractivity contribution in [3.05, 3.63) is 190 Å². The molecule has 0 bridgehead atoms. The topological polar surface area (TPSA) is 0 Å². The monoisotopic (exact) mass is 604 g/mol. The molecule has 0 radical (unpaired) electrons. The van der Waals surface area contributed by atoms with E-state index >= 15 is 0 Å². The Hall–Kier alpha value is -4.54. The first kappa shape index (κ1) is 27.3. The van der Waals surface area contributed by atoms with Crippen LogP contribution in [0.3, 0.4) is 0 Å². The van der Waals surface area contributed by atoms with Gasteiger partial charge in [-0.2, -0.15) is 0 Å². The average molecular weight is 605 g/mol. The second-order valence-electron chi connectivity index (χ2n) is 10.1. The summed E-state index contributed by atoms with van der Waals surface area (Å²) in [6.07, 6.45) is 4.64. The van der Waals surface area contributed by atoms with Crippen molar-refractivity contribution >= 4 is 57.3 Å². The lowest BCUT2D eigenvalue weighted by Gasteiger charge is -2.08. The first-order valence-corrected chi connectivity index (χ1v) is 16.7. The van der Waals surface area contributed by atoms with Crippen molar-refractivity contribution in [1.29, 1.82) is 0 Å². The molecule has 0 atom stereocenters. The Morgan fingerprint density at radius 3 is 0.907 bits per heavy atom. The van der Waals surface area contributed by atoms with E-state index in [2.05, 4.69) is 170 Å². The van der Waals surface area contributed by atoms with Crippen LogP contribution in [0.15, 0.2) is 158 Å². The van der Waals surface area contributed by atoms with E-state index in [0.29, 0.717) is 0 Å². The van der Waals surface area contributed by atoms with Crippen LogP contribution in [-0.4, -0.2) is 0 Å². The second kappa shape index (κ2) is 12.8. The molecule has 0 saturated carbocycles. The van der Waals surface area contributed by atoms with Crippen LogP contribution in [-0.2, 0) is 0 Å². The fourth-order valence-electron chi connectivity index (χ4n) is 5.15. The van der Waals surface area contributed by atoms with Crippen LogP contribution in [0, 0.1) is 0 Å². The van der Waals surface area contributed by atoms with Gasteiger partial charge in [0.15, 0.2) is 0 Å². The zero-order valence-electron chi connectivity index (χ0n) is 23.4. The van der Waals surface area contributed by atoms with Crippen LogP contribution in [0.2, 0.25) is 0 Å². The standard InChI is InChI=1S/C40H28S3/c1-5-13-29(14-6-1)35(30-15-7-2-8-16-30)27-33-21-23-37(41-33)39-25-26-40(43-39)38-24-22-34(42-38)28-36(31-17-9-3-10-18-31)32-19-11-4-12-20-32/h1-28H. The van der Waals surface area contributed by atoms with Crippen molar-refractivity contribution in [1.82, 2.24) is 0 Å². The van der Waals surface area contributed by atoms with Crippen molar-refractivity contribution in [2.75, 3.05) is 0 Å². The minimum atomic E-state index is 1.23. The Balaban J connectivity index is 1.16. The third kappa shape index (κ3) is 6.30. The number of hydrogen-bond donors (Lipinski definition) is 0. The molecule has 0 saturated heterocycles. The van der Waals surface area contributed by atoms with Crippen molar-refractivity contribution in [2.24, 2.45) is 0 Å². The fraction of sp³-hybridized carbons (Fsp3) is 0. The van der Waals surface area contributed by atoms with Gasteiger partial charge in [-0.3, -0.25) is 0 Å². The van der Waals surface area contributed by atoms with E-state index in [1.807, 2.05) is 34.0 Å². The summed E-state index contributed by atoms with van der Waals surface area (Å²) < 4.78 is 0. The molecule has 0 amide bonds. The van der Waals surface area contributed by atoms with Crippen LogP contribution >= 0.6 is 34.0 Å². The molecule has 3 heterocycles. The van der Waals surface area contributed by atoms with Gasteiger partial charge in [-0.1, -0.05) is 121 Å². The SMILES string of the molecule is C(=C(c1ccccc1)c1ccccc1)c1ccc(-c2ccc(-c3ccc(C=C(c4ccccc4)c4ccccc4)s3)s2)s1. The summed E-state index contributed by atoms with van der Waals surface area (Å²) in [5.41, 5.74) is 7.40. The fourth-order valence-corrected chi connectivity index (χ4v) is 8.24. The minimum Gasteiger partial charge on any atom is -0.135 e. The molecule has 3 aromatic heterocycles. The molecule has 0 N–H and O–H groups in total. The average Bonchev–Trinajstić information content (AvgIpc) is 3.86. The lowest BCUT2D eigenvalue weighted by molar-refractivity contribution is 1.56. The molecular weight excluding hydrogens is 577 g/mol. The lowest BCUT2D eigenvalue weighted by atomic mass is 9.97. The van der Waals surface area contributed by atoms with Crippen LogP contribution in [0.1, 0.15) is 32.0 Å². The molecule has 0 aliphatic heterocycles. The third-order valence-corrected chi connectivity index (χ3v) is 10.8. The maximum Gasteiger partial charge on any atom is 0.0449 e. The number of hydrogen-bond acceptors (Lipinski definition) is 3. The molecular formula is C40H28S3. The summed E-state index contributed by atoms with van der Waals surface area (Å²) in [6, 6.07) is 56.2. The number of benzene rings is 4. The van der Waals surface area contributed by atoms with Crippen molar-refractivity contribution < 1.29 is 0 Å². The Bertz CT molecular complexity index is 1760. The Morgan fingerprint density at radius 2 is 0.581 bits per heavy atom. The van der Waals surface area contributed by atoms with Crippen LogP contribution in [0.5, 0.6) is 0 Å². The van der Waals surface area contributed by atoms with Gasteiger partial charge in [0, 0.05) is 29.3 Å². The Morgan fingerprint density at radius 1 is 0.302 bits per heavy atom. The zero-order valence-corrected chi connectivity index (χ0v) is 25.8. The third-order valence-electron chi connectivity index (χ3n) is 7.26. The highest BCUT2D eigenvalue weighted by molar-refractivity contribution is 7.26. The van der Waals surface area contributed by atoms with Gasteiger partial charge in [-0.25, -0.2) is 0 Å². The normalized spacial score (nSPS) is 10.8. The number of rotatable bonds is 8. The molecule has 0 unspecified atom stereocenters. The predicted molar refractivity (Wildman–Crippen MR) is 191 cm³/mol. The Kier molecular flexibility index (Phi) is 8.10. The summed E-state index contributed by atoms with van der Waals surface area (Å²) in [5, 5.41) is 0. The Labute approximate surface area is 265 Å². The first-order valence-electron chi connectivity index (χ1n) is 14.3. The van der Waals surface area contributed by atoms with Gasteiger partial charge in [-0.05, 0) is 82.0 Å². The van der Waals surface area contributed by atoms with E-state index in [0.717, 1.165) is 0 Å². The molecule has 0 spiro atoms. The minimum absolute atomic E-state index is 1.23. The zero-order chi connectivity index (χ0) is 28.8. The van der Waals surface area contributed by atoms with E-state index in [1.54, 1.807) is 0 Å². The maximum atomic E-state index is 2.32. The number of thiophene rings is 3. The highest BCUT2D eigenvalue weighted by Gasteiger charge is 2.12. The predicted octanol–water partition coefficient (Wildman–Crippen LogP) is 12.4. The molecule has 7 aromatic rings. The molecule has 4 aromatic carbocycles. The van der Waals surface area contributed by atoms with Crippen molar-refractivity contribution in [3.8, 4) is 19.5 Å². The molecule has 43 heavy (non-hydrogen) atoms. The van der Waals surface area contributed by atoms with Gasteiger partial charge in [-0.15, -0.1) is 34.0 Å². The summed E-state index contributed by atoms with van der Waals surface area (Å²) in [6.45, 7) is 0. The van der Waals surface area contributed by atoms with Gasteiger partial charge < -0.3 is 0 Å². The second-order valence-corrected chi connectivity index (χ2v) is 13.5. The summed E-state index contributed by atoms with van der Waals surface area (Å²) in [4.78, 5) is 7.72. The van der Waals surface area contributed by atoms with Crippen LogP contribution in [0.4, 0.5) is 0 Å². The van der Waals surface area contributed by atoms with Crippen LogP contribution < -0.4 is 0 Å². The lowest BCUT2D eigenvalue weighted by Crippen LogP contribution is -1.86. The van der Waals surface area contributed by atoms with Gasteiger partial charge >= 0.3 is 0 Å². The molecule has 0 nitrogen and oxygen atoms in total. The van der Waals surface area contributed by atoms with Gasteiger partial charge in [0.2, 0.25) is 0 Å². The quantitative estimate of drug-likeness (QED) is 0.162. The molecule has 3 heteroatoms. The van der Waals surface area contributed by atoms with E-state index in [9.17, 15) is 0 Å². The van der Waals surface area contributed by atoms with Gasteiger partial charge in [0.05, 0.1) is 0 Å². The van der Waals surface area contributed by atoms with Crippen LogP contribution in [0.25, 0.3) is 42.8 Å².